The molecule has 0 aliphatic carbocycles. The van der Waals surface area contributed by atoms with Crippen LogP contribution in [0.15, 0.2) is 24.3 Å². The highest BCUT2D eigenvalue weighted by Crippen LogP contribution is 2.36. The molecule has 2 aliphatic rings. The maximum absolute atomic E-state index is 12.3. The van der Waals surface area contributed by atoms with Gasteiger partial charge < -0.3 is 9.80 Å². The van der Waals surface area contributed by atoms with Gasteiger partial charge in [0.1, 0.15) is 0 Å². The summed E-state index contributed by atoms with van der Waals surface area (Å²) in [5, 5.41) is 0. The summed E-state index contributed by atoms with van der Waals surface area (Å²) in [7, 11) is 0. The number of piperazine rings is 1. The van der Waals surface area contributed by atoms with Gasteiger partial charge in [-0.3, -0.25) is 9.59 Å². The topological polar surface area (TPSA) is 40.6 Å². The highest BCUT2D eigenvalue weighted by Gasteiger charge is 2.40. The van der Waals surface area contributed by atoms with Gasteiger partial charge in [0.2, 0.25) is 5.91 Å². The lowest BCUT2D eigenvalue weighted by atomic mass is 10.0. The van der Waals surface area contributed by atoms with E-state index in [4.69, 9.17) is 0 Å². The molecule has 1 aromatic rings. The zero-order valence-electron chi connectivity index (χ0n) is 12.0. The molecule has 1 fully saturated rings. The van der Waals surface area contributed by atoms with Crippen molar-refractivity contribution in [3.8, 4) is 0 Å². The first kappa shape index (κ1) is 13.2. The molecule has 2 amide bonds. The fraction of sp³-hybridized carbons (Fsp3) is 0.500. The Bertz CT molecular complexity index is 553. The molecule has 0 bridgehead atoms. The third-order valence-electron chi connectivity index (χ3n) is 4.13. The van der Waals surface area contributed by atoms with Crippen molar-refractivity contribution in [1.29, 1.82) is 0 Å². The van der Waals surface area contributed by atoms with Gasteiger partial charge in [-0.1, -0.05) is 32.0 Å². The van der Waals surface area contributed by atoms with E-state index in [0.717, 1.165) is 11.1 Å². The number of carbonyl (C=O) groups is 2. The summed E-state index contributed by atoms with van der Waals surface area (Å²) in [4.78, 5) is 28.3. The lowest BCUT2D eigenvalue weighted by Crippen LogP contribution is -2.49. The second kappa shape index (κ2) is 4.93. The van der Waals surface area contributed by atoms with E-state index < -0.39 is 0 Å². The molecule has 2 heterocycles. The van der Waals surface area contributed by atoms with Gasteiger partial charge in [0.05, 0.1) is 6.04 Å². The van der Waals surface area contributed by atoms with Crippen LogP contribution in [-0.4, -0.2) is 41.2 Å². The van der Waals surface area contributed by atoms with Crippen molar-refractivity contribution in [2.24, 2.45) is 5.92 Å². The Balaban J connectivity index is 1.81. The van der Waals surface area contributed by atoms with E-state index in [1.54, 1.807) is 0 Å². The highest BCUT2D eigenvalue weighted by atomic mass is 16.2. The van der Waals surface area contributed by atoms with E-state index >= 15 is 0 Å². The van der Waals surface area contributed by atoms with E-state index in [1.165, 1.54) is 0 Å². The summed E-state index contributed by atoms with van der Waals surface area (Å²) >= 11 is 0. The molecule has 1 saturated heterocycles. The van der Waals surface area contributed by atoms with Gasteiger partial charge in [-0.05, 0) is 17.5 Å². The average Bonchev–Trinajstić information content (AvgIpc) is 2.72. The van der Waals surface area contributed by atoms with Crippen LogP contribution in [0, 0.1) is 5.92 Å². The molecule has 4 nitrogen and oxygen atoms in total. The van der Waals surface area contributed by atoms with Crippen LogP contribution in [-0.2, 0) is 4.79 Å². The second-order valence-corrected chi connectivity index (χ2v) is 6.04. The minimum absolute atomic E-state index is 0.0450. The smallest absolute Gasteiger partial charge is 0.254 e. The maximum Gasteiger partial charge on any atom is 0.254 e. The van der Waals surface area contributed by atoms with Crippen molar-refractivity contribution >= 4 is 11.8 Å². The second-order valence-electron chi connectivity index (χ2n) is 6.04. The molecule has 0 saturated carbocycles. The first-order valence-electron chi connectivity index (χ1n) is 7.25. The summed E-state index contributed by atoms with van der Waals surface area (Å²) in [6.45, 7) is 6.04. The van der Waals surface area contributed by atoms with Gasteiger partial charge in [0, 0.05) is 31.6 Å². The number of rotatable bonds is 2. The third-order valence-corrected chi connectivity index (χ3v) is 4.13. The van der Waals surface area contributed by atoms with Crippen LogP contribution < -0.4 is 0 Å². The van der Waals surface area contributed by atoms with Crippen LogP contribution in [0.4, 0.5) is 0 Å². The Kier molecular flexibility index (Phi) is 3.24. The minimum Gasteiger partial charge on any atom is -0.338 e. The van der Waals surface area contributed by atoms with Gasteiger partial charge in [0.25, 0.3) is 5.91 Å². The molecule has 0 aromatic heterocycles. The van der Waals surface area contributed by atoms with Crippen LogP contribution in [0.2, 0.25) is 0 Å². The van der Waals surface area contributed by atoms with Gasteiger partial charge in [-0.15, -0.1) is 0 Å². The predicted octanol–water partition coefficient (Wildman–Crippen LogP) is 2.07. The van der Waals surface area contributed by atoms with E-state index in [9.17, 15) is 9.59 Å². The van der Waals surface area contributed by atoms with Crippen molar-refractivity contribution in [3.63, 3.8) is 0 Å². The number of amides is 2. The molecule has 2 aliphatic heterocycles. The molecule has 0 spiro atoms. The molecule has 4 heteroatoms. The molecule has 3 rings (SSSR count). The Morgan fingerprint density at radius 2 is 2.05 bits per heavy atom. The molecule has 0 radical (unpaired) electrons. The summed E-state index contributed by atoms with van der Waals surface area (Å²) in [6, 6.07) is 7.80. The Labute approximate surface area is 119 Å². The van der Waals surface area contributed by atoms with E-state index in [2.05, 4.69) is 13.8 Å². The Hall–Kier alpha value is -1.84. The molecular formula is C16H20N2O2. The molecule has 0 unspecified atom stereocenters. The SMILES string of the molecule is CC(C)CC(=O)N1CCN2C(=O)c3ccccc3[C@H]2C1. The molecule has 20 heavy (non-hydrogen) atoms. The minimum atomic E-state index is 0.0450. The predicted molar refractivity (Wildman–Crippen MR) is 76.3 cm³/mol. The van der Waals surface area contributed by atoms with Gasteiger partial charge in [-0.25, -0.2) is 0 Å². The van der Waals surface area contributed by atoms with Crippen molar-refractivity contribution in [2.75, 3.05) is 19.6 Å². The average molecular weight is 272 g/mol. The Morgan fingerprint density at radius 1 is 1.30 bits per heavy atom. The number of hydrogen-bond donors (Lipinski definition) is 0. The van der Waals surface area contributed by atoms with Crippen LogP contribution in [0.1, 0.15) is 42.2 Å². The first-order valence-corrected chi connectivity index (χ1v) is 7.25. The third kappa shape index (κ3) is 2.09. The van der Waals surface area contributed by atoms with Gasteiger partial charge in [0.15, 0.2) is 0 Å². The highest BCUT2D eigenvalue weighted by molar-refractivity contribution is 5.99. The molecule has 1 aromatic carbocycles. The zero-order valence-corrected chi connectivity index (χ0v) is 12.0. The van der Waals surface area contributed by atoms with Crippen LogP contribution in [0.5, 0.6) is 0 Å². The van der Waals surface area contributed by atoms with Crippen molar-refractivity contribution in [2.45, 2.75) is 26.3 Å². The first-order chi connectivity index (χ1) is 9.58. The van der Waals surface area contributed by atoms with Crippen molar-refractivity contribution < 1.29 is 9.59 Å². The number of hydrogen-bond acceptors (Lipinski definition) is 2. The summed E-state index contributed by atoms with van der Waals surface area (Å²) in [5.74, 6) is 0.691. The fourth-order valence-corrected chi connectivity index (χ4v) is 3.13. The normalized spacial score (nSPS) is 21.1. The molecule has 1 atom stereocenters. The van der Waals surface area contributed by atoms with Gasteiger partial charge in [-0.2, -0.15) is 0 Å². The molecular weight excluding hydrogens is 252 g/mol. The largest absolute Gasteiger partial charge is 0.338 e. The van der Waals surface area contributed by atoms with Crippen LogP contribution in [0.3, 0.4) is 0 Å². The summed E-state index contributed by atoms with van der Waals surface area (Å²) < 4.78 is 0. The maximum atomic E-state index is 12.3. The number of fused-ring (bicyclic) bond motifs is 3. The van der Waals surface area contributed by atoms with E-state index in [-0.39, 0.29) is 17.9 Å². The zero-order chi connectivity index (χ0) is 14.3. The lowest BCUT2D eigenvalue weighted by molar-refractivity contribution is -0.134. The standard InChI is InChI=1S/C16H20N2O2/c1-11(2)9-15(19)17-7-8-18-14(10-17)12-5-3-4-6-13(12)16(18)20/h3-6,11,14H,7-10H2,1-2H3/t14-/m1/s1. The monoisotopic (exact) mass is 272 g/mol. The summed E-state index contributed by atoms with van der Waals surface area (Å²) in [5.41, 5.74) is 1.87. The Morgan fingerprint density at radius 3 is 2.80 bits per heavy atom. The van der Waals surface area contributed by atoms with Crippen LogP contribution in [0.25, 0.3) is 0 Å². The van der Waals surface area contributed by atoms with Crippen molar-refractivity contribution in [3.05, 3.63) is 35.4 Å². The van der Waals surface area contributed by atoms with Crippen LogP contribution >= 0.6 is 0 Å². The number of carbonyl (C=O) groups excluding carboxylic acids is 2. The van der Waals surface area contributed by atoms with E-state index in [0.29, 0.717) is 32.0 Å². The molecule has 0 N–H and O–H groups in total. The van der Waals surface area contributed by atoms with E-state index in [1.807, 2.05) is 34.1 Å². The number of benzene rings is 1. The van der Waals surface area contributed by atoms with Crippen molar-refractivity contribution in [1.82, 2.24) is 9.80 Å². The quantitative estimate of drug-likeness (QED) is 0.827. The summed E-state index contributed by atoms with van der Waals surface area (Å²) in [6.07, 6.45) is 0.586. The fourth-order valence-electron chi connectivity index (χ4n) is 3.13. The number of nitrogens with zero attached hydrogens (tertiary/aromatic N) is 2. The lowest BCUT2D eigenvalue weighted by Gasteiger charge is -2.38. The molecule has 106 valence electrons. The van der Waals surface area contributed by atoms with Gasteiger partial charge >= 0.3 is 0 Å².